The number of alkyl carbamates (subject to hydrolysis) is 1. The highest BCUT2D eigenvalue weighted by Gasteiger charge is 2.23. The Balaban J connectivity index is 1.71. The van der Waals surface area contributed by atoms with Crippen LogP contribution in [0.15, 0.2) is 27.4 Å². The van der Waals surface area contributed by atoms with E-state index in [1.54, 1.807) is 29.7 Å². The van der Waals surface area contributed by atoms with Crippen LogP contribution in [0.25, 0.3) is 11.1 Å². The number of benzene rings is 1. The summed E-state index contributed by atoms with van der Waals surface area (Å²) in [5, 5.41) is 3.39. The molecule has 7 nitrogen and oxygen atoms in total. The van der Waals surface area contributed by atoms with Crippen molar-refractivity contribution in [3.05, 3.63) is 33.8 Å². The summed E-state index contributed by atoms with van der Waals surface area (Å²) in [4.78, 5) is 25.8. The Morgan fingerprint density at radius 1 is 1.50 bits per heavy atom. The molecule has 0 aliphatic carbocycles. The fourth-order valence-electron chi connectivity index (χ4n) is 3.02. The number of likely N-dealkylation sites (tertiary alicyclic amines) is 1. The lowest BCUT2D eigenvalue weighted by molar-refractivity contribution is 0.123. The van der Waals surface area contributed by atoms with Crippen molar-refractivity contribution in [3.63, 3.8) is 0 Å². The SMILES string of the molecule is CCOC(=O)NC1CCCN(Cn2c(=O)oc3cc(Cl)ccc32)C1. The van der Waals surface area contributed by atoms with Gasteiger partial charge in [0.15, 0.2) is 5.58 Å². The Hall–Kier alpha value is -1.99. The minimum atomic E-state index is -0.409. The smallest absolute Gasteiger partial charge is 0.421 e. The first-order valence-corrected chi connectivity index (χ1v) is 8.39. The molecule has 1 aromatic heterocycles. The monoisotopic (exact) mass is 353 g/mol. The van der Waals surface area contributed by atoms with Crippen LogP contribution in [0.1, 0.15) is 19.8 Å². The average molecular weight is 354 g/mol. The molecule has 1 aliphatic heterocycles. The van der Waals surface area contributed by atoms with Gasteiger partial charge in [-0.2, -0.15) is 0 Å². The molecule has 2 heterocycles. The molecular weight excluding hydrogens is 334 g/mol. The van der Waals surface area contributed by atoms with Crippen molar-refractivity contribution < 1.29 is 13.9 Å². The van der Waals surface area contributed by atoms with Crippen LogP contribution in [-0.2, 0) is 11.4 Å². The van der Waals surface area contributed by atoms with E-state index in [-0.39, 0.29) is 6.04 Å². The van der Waals surface area contributed by atoms with E-state index in [1.807, 2.05) is 0 Å². The Bertz CT molecular complexity index is 785. The predicted octanol–water partition coefficient (Wildman–Crippen LogP) is 2.42. The van der Waals surface area contributed by atoms with E-state index in [0.717, 1.165) is 19.4 Å². The number of rotatable bonds is 4. The Morgan fingerprint density at radius 2 is 2.33 bits per heavy atom. The zero-order valence-electron chi connectivity index (χ0n) is 13.5. The minimum absolute atomic E-state index is 0.0149. The lowest BCUT2D eigenvalue weighted by atomic mass is 10.1. The zero-order valence-corrected chi connectivity index (χ0v) is 14.2. The van der Waals surface area contributed by atoms with E-state index >= 15 is 0 Å². The van der Waals surface area contributed by atoms with Gasteiger partial charge in [-0.25, -0.2) is 9.59 Å². The number of carbonyl (C=O) groups is 1. The Labute approximate surface area is 144 Å². The molecule has 130 valence electrons. The molecule has 1 amide bonds. The predicted molar refractivity (Wildman–Crippen MR) is 90.2 cm³/mol. The fraction of sp³-hybridized carbons (Fsp3) is 0.500. The number of oxazole rings is 1. The minimum Gasteiger partial charge on any atom is -0.450 e. The first-order valence-electron chi connectivity index (χ1n) is 8.01. The number of nitrogens with one attached hydrogen (secondary N) is 1. The summed E-state index contributed by atoms with van der Waals surface area (Å²) in [6.45, 7) is 4.05. The van der Waals surface area contributed by atoms with Crippen molar-refractivity contribution in [2.45, 2.75) is 32.5 Å². The van der Waals surface area contributed by atoms with Crippen molar-refractivity contribution >= 4 is 28.8 Å². The topological polar surface area (TPSA) is 76.7 Å². The molecule has 0 saturated carbocycles. The third-order valence-electron chi connectivity index (χ3n) is 4.07. The molecule has 1 aliphatic rings. The number of piperidine rings is 1. The van der Waals surface area contributed by atoms with Crippen molar-refractivity contribution in [2.24, 2.45) is 0 Å². The summed E-state index contributed by atoms with van der Waals surface area (Å²) in [7, 11) is 0. The standard InChI is InChI=1S/C16H20ClN3O4/c1-2-23-15(21)18-12-4-3-7-19(9-12)10-20-13-6-5-11(17)8-14(13)24-16(20)22/h5-6,8,12H,2-4,7,9-10H2,1H3,(H,18,21). The second-order valence-electron chi connectivity index (χ2n) is 5.83. The van der Waals surface area contributed by atoms with Gasteiger partial charge in [0.2, 0.25) is 0 Å². The number of hydrogen-bond donors (Lipinski definition) is 1. The first-order chi connectivity index (χ1) is 11.6. The van der Waals surface area contributed by atoms with Crippen LogP contribution in [0.5, 0.6) is 0 Å². The Kier molecular flexibility index (Phi) is 5.11. The van der Waals surface area contributed by atoms with Crippen LogP contribution in [-0.4, -0.2) is 41.3 Å². The normalized spacial score (nSPS) is 18.7. The number of fused-ring (bicyclic) bond motifs is 1. The van der Waals surface area contributed by atoms with E-state index in [2.05, 4.69) is 10.2 Å². The molecule has 0 radical (unpaired) electrons. The van der Waals surface area contributed by atoms with Crippen LogP contribution in [0, 0.1) is 0 Å². The number of halogens is 1. The highest BCUT2D eigenvalue weighted by Crippen LogP contribution is 2.19. The summed E-state index contributed by atoms with van der Waals surface area (Å²) in [6, 6.07) is 5.16. The highest BCUT2D eigenvalue weighted by molar-refractivity contribution is 6.31. The molecule has 1 fully saturated rings. The van der Waals surface area contributed by atoms with Gasteiger partial charge in [0, 0.05) is 23.7 Å². The van der Waals surface area contributed by atoms with Crippen molar-refractivity contribution in [3.8, 4) is 0 Å². The van der Waals surface area contributed by atoms with E-state index in [1.165, 1.54) is 0 Å². The molecule has 1 aromatic carbocycles. The van der Waals surface area contributed by atoms with Crippen LogP contribution >= 0.6 is 11.6 Å². The molecule has 8 heteroatoms. The molecule has 0 spiro atoms. The maximum atomic E-state index is 12.1. The fourth-order valence-corrected chi connectivity index (χ4v) is 3.18. The maximum absolute atomic E-state index is 12.1. The van der Waals surface area contributed by atoms with Gasteiger partial charge < -0.3 is 14.5 Å². The lowest BCUT2D eigenvalue weighted by Crippen LogP contribution is -2.48. The number of amides is 1. The van der Waals surface area contributed by atoms with Gasteiger partial charge in [0.05, 0.1) is 18.8 Å². The summed E-state index contributed by atoms with van der Waals surface area (Å²) in [6.07, 6.45) is 1.43. The van der Waals surface area contributed by atoms with E-state index in [9.17, 15) is 9.59 Å². The number of carbonyl (C=O) groups excluding carboxylic acids is 1. The number of hydrogen-bond acceptors (Lipinski definition) is 5. The van der Waals surface area contributed by atoms with Gasteiger partial charge in [0.25, 0.3) is 0 Å². The molecule has 1 atom stereocenters. The van der Waals surface area contributed by atoms with Crippen molar-refractivity contribution in [1.82, 2.24) is 14.8 Å². The van der Waals surface area contributed by atoms with Crippen molar-refractivity contribution in [1.29, 1.82) is 0 Å². The highest BCUT2D eigenvalue weighted by atomic mass is 35.5. The molecule has 1 saturated heterocycles. The van der Waals surface area contributed by atoms with E-state index in [4.69, 9.17) is 20.8 Å². The molecule has 24 heavy (non-hydrogen) atoms. The van der Waals surface area contributed by atoms with Crippen LogP contribution in [0.2, 0.25) is 5.02 Å². The van der Waals surface area contributed by atoms with Crippen molar-refractivity contribution in [2.75, 3.05) is 19.7 Å². The third kappa shape index (κ3) is 3.73. The Morgan fingerprint density at radius 3 is 3.12 bits per heavy atom. The van der Waals surface area contributed by atoms with Crippen LogP contribution < -0.4 is 11.1 Å². The second kappa shape index (κ2) is 7.27. The largest absolute Gasteiger partial charge is 0.450 e. The molecule has 1 N–H and O–H groups in total. The number of nitrogens with zero attached hydrogens (tertiary/aromatic N) is 2. The quantitative estimate of drug-likeness (QED) is 0.913. The zero-order chi connectivity index (χ0) is 17.1. The van der Waals surface area contributed by atoms with Crippen LogP contribution in [0.4, 0.5) is 4.79 Å². The van der Waals surface area contributed by atoms with Gasteiger partial charge >= 0.3 is 11.8 Å². The molecule has 3 rings (SSSR count). The average Bonchev–Trinajstić information content (AvgIpc) is 2.83. The summed E-state index contributed by atoms with van der Waals surface area (Å²) in [5.41, 5.74) is 1.19. The van der Waals surface area contributed by atoms with Gasteiger partial charge in [-0.1, -0.05) is 11.6 Å². The maximum Gasteiger partial charge on any atom is 0.421 e. The summed E-state index contributed by atoms with van der Waals surface area (Å²) < 4.78 is 11.8. The first kappa shape index (κ1) is 16.9. The number of aromatic nitrogens is 1. The van der Waals surface area contributed by atoms with Crippen LogP contribution in [0.3, 0.4) is 0 Å². The summed E-state index contributed by atoms with van der Waals surface area (Å²) in [5.74, 6) is -0.409. The number of ether oxygens (including phenoxy) is 1. The molecule has 1 unspecified atom stereocenters. The summed E-state index contributed by atoms with van der Waals surface area (Å²) >= 11 is 5.93. The molecule has 2 aromatic rings. The second-order valence-corrected chi connectivity index (χ2v) is 6.27. The van der Waals surface area contributed by atoms with E-state index in [0.29, 0.717) is 35.9 Å². The molecule has 0 bridgehead atoms. The third-order valence-corrected chi connectivity index (χ3v) is 4.31. The van der Waals surface area contributed by atoms with Gasteiger partial charge in [0.1, 0.15) is 0 Å². The van der Waals surface area contributed by atoms with Gasteiger partial charge in [-0.3, -0.25) is 9.47 Å². The lowest BCUT2D eigenvalue weighted by Gasteiger charge is -2.32. The van der Waals surface area contributed by atoms with Gasteiger partial charge in [-0.05, 0) is 38.4 Å². The molecular formula is C16H20ClN3O4. The van der Waals surface area contributed by atoms with Gasteiger partial charge in [-0.15, -0.1) is 0 Å². The van der Waals surface area contributed by atoms with E-state index < -0.39 is 11.8 Å².